The Morgan fingerprint density at radius 2 is 2.00 bits per heavy atom. The van der Waals surface area contributed by atoms with Crippen molar-refractivity contribution in [3.8, 4) is 11.8 Å². The summed E-state index contributed by atoms with van der Waals surface area (Å²) in [5.74, 6) is 6.60. The molecule has 2 aliphatic rings. The van der Waals surface area contributed by atoms with E-state index in [1.807, 2.05) is 39.8 Å². The van der Waals surface area contributed by atoms with Crippen LogP contribution in [0.25, 0.3) is 5.65 Å². The zero-order valence-electron chi connectivity index (χ0n) is 18.4. The van der Waals surface area contributed by atoms with E-state index in [2.05, 4.69) is 27.1 Å². The zero-order chi connectivity index (χ0) is 23.1. The standard InChI is InChI=1S/C27H21N5O2/c33-26(30-21-7-9-23-20(14-21)17-31(27(23)34)16-19-4-5-19)24-13-18(10-11-28-24)6-8-22-15-29-25-3-1-2-12-32(22)25/h1-3,7,9-15,19H,4-5,16-17H2,(H,30,33). The van der Waals surface area contributed by atoms with Crippen molar-refractivity contribution in [2.75, 3.05) is 11.9 Å². The Morgan fingerprint density at radius 1 is 1.09 bits per heavy atom. The highest BCUT2D eigenvalue weighted by Gasteiger charge is 2.32. The van der Waals surface area contributed by atoms with Gasteiger partial charge in [0.05, 0.1) is 6.20 Å². The Kier molecular flexibility index (Phi) is 4.84. The van der Waals surface area contributed by atoms with Crippen LogP contribution in [-0.4, -0.2) is 37.6 Å². The molecule has 1 fully saturated rings. The summed E-state index contributed by atoms with van der Waals surface area (Å²) in [4.78, 5) is 35.9. The van der Waals surface area contributed by atoms with Crippen molar-refractivity contribution < 1.29 is 9.59 Å². The van der Waals surface area contributed by atoms with Gasteiger partial charge in [0.15, 0.2) is 0 Å². The van der Waals surface area contributed by atoms with E-state index in [4.69, 9.17) is 0 Å². The number of nitrogens with one attached hydrogen (secondary N) is 1. The average molecular weight is 447 g/mol. The highest BCUT2D eigenvalue weighted by atomic mass is 16.2. The topological polar surface area (TPSA) is 79.6 Å². The Bertz CT molecular complexity index is 1510. The predicted molar refractivity (Wildman–Crippen MR) is 127 cm³/mol. The highest BCUT2D eigenvalue weighted by molar-refractivity contribution is 6.04. The lowest BCUT2D eigenvalue weighted by Crippen LogP contribution is -2.26. The number of pyridine rings is 2. The quantitative estimate of drug-likeness (QED) is 0.484. The van der Waals surface area contributed by atoms with Gasteiger partial charge in [-0.1, -0.05) is 12.0 Å². The largest absolute Gasteiger partial charge is 0.334 e. The molecular weight excluding hydrogens is 426 g/mol. The van der Waals surface area contributed by atoms with Crippen molar-refractivity contribution >= 4 is 23.1 Å². The molecule has 7 nitrogen and oxygen atoms in total. The zero-order valence-corrected chi connectivity index (χ0v) is 18.4. The summed E-state index contributed by atoms with van der Waals surface area (Å²) in [5, 5.41) is 2.90. The fourth-order valence-corrected chi connectivity index (χ4v) is 4.21. The molecule has 3 aromatic heterocycles. The van der Waals surface area contributed by atoms with E-state index in [9.17, 15) is 9.59 Å². The Hall–Kier alpha value is -4.44. The molecule has 1 aromatic carbocycles. The van der Waals surface area contributed by atoms with Gasteiger partial charge in [-0.25, -0.2) is 4.98 Å². The van der Waals surface area contributed by atoms with E-state index in [1.165, 1.54) is 12.8 Å². The summed E-state index contributed by atoms with van der Waals surface area (Å²) in [6.07, 6.45) is 7.62. The lowest BCUT2D eigenvalue weighted by molar-refractivity contribution is 0.0771. The molecule has 166 valence electrons. The van der Waals surface area contributed by atoms with Crippen LogP contribution in [0, 0.1) is 17.8 Å². The molecule has 1 saturated carbocycles. The maximum atomic E-state index is 12.8. The van der Waals surface area contributed by atoms with Crippen molar-refractivity contribution in [3.63, 3.8) is 0 Å². The average Bonchev–Trinajstić information content (AvgIpc) is 3.50. The van der Waals surface area contributed by atoms with Gasteiger partial charge in [-0.15, -0.1) is 0 Å². The molecule has 1 N–H and O–H groups in total. The van der Waals surface area contributed by atoms with Crippen LogP contribution in [0.15, 0.2) is 67.1 Å². The Morgan fingerprint density at radius 3 is 2.88 bits per heavy atom. The number of aromatic nitrogens is 3. The summed E-state index contributed by atoms with van der Waals surface area (Å²) in [7, 11) is 0. The number of hydrogen-bond donors (Lipinski definition) is 1. The minimum absolute atomic E-state index is 0.0821. The first-order valence-electron chi connectivity index (χ1n) is 11.3. The summed E-state index contributed by atoms with van der Waals surface area (Å²) in [6, 6.07) is 14.6. The molecule has 0 unspecified atom stereocenters. The molecule has 0 bridgehead atoms. The molecule has 0 saturated heterocycles. The highest BCUT2D eigenvalue weighted by Crippen LogP contribution is 2.33. The first-order valence-corrected chi connectivity index (χ1v) is 11.3. The molecule has 7 heteroatoms. The fourth-order valence-electron chi connectivity index (χ4n) is 4.21. The summed E-state index contributed by atoms with van der Waals surface area (Å²) < 4.78 is 1.91. The molecule has 0 radical (unpaired) electrons. The van der Waals surface area contributed by atoms with Crippen LogP contribution in [0.5, 0.6) is 0 Å². The molecule has 2 amide bonds. The Labute approximate surface area is 196 Å². The summed E-state index contributed by atoms with van der Waals surface area (Å²) in [5.41, 5.74) is 4.87. The number of amides is 2. The van der Waals surface area contributed by atoms with E-state index in [-0.39, 0.29) is 17.5 Å². The normalized spacial score (nSPS) is 14.6. The van der Waals surface area contributed by atoms with Crippen LogP contribution in [0.3, 0.4) is 0 Å². The molecule has 6 rings (SSSR count). The van der Waals surface area contributed by atoms with Crippen LogP contribution in [-0.2, 0) is 6.54 Å². The van der Waals surface area contributed by atoms with E-state index in [0.29, 0.717) is 23.7 Å². The molecule has 4 aromatic rings. The van der Waals surface area contributed by atoms with E-state index >= 15 is 0 Å². The second-order valence-electron chi connectivity index (χ2n) is 8.71. The molecular formula is C27H21N5O2. The van der Waals surface area contributed by atoms with Crippen LogP contribution < -0.4 is 5.32 Å². The van der Waals surface area contributed by atoms with Gasteiger partial charge in [0.1, 0.15) is 17.0 Å². The lowest BCUT2D eigenvalue weighted by atomic mass is 10.1. The van der Waals surface area contributed by atoms with E-state index < -0.39 is 0 Å². The van der Waals surface area contributed by atoms with Gasteiger partial charge in [-0.3, -0.25) is 19.0 Å². The first-order chi connectivity index (χ1) is 16.6. The van der Waals surface area contributed by atoms with Gasteiger partial charge in [-0.05, 0) is 72.7 Å². The number of benzene rings is 1. The third-order valence-electron chi connectivity index (χ3n) is 6.16. The molecule has 34 heavy (non-hydrogen) atoms. The van der Waals surface area contributed by atoms with E-state index in [1.54, 1.807) is 36.7 Å². The number of anilines is 1. The summed E-state index contributed by atoms with van der Waals surface area (Å²) >= 11 is 0. The van der Waals surface area contributed by atoms with Gasteiger partial charge >= 0.3 is 0 Å². The predicted octanol–water partition coefficient (Wildman–Crippen LogP) is 3.75. The fraction of sp³-hybridized carbons (Fsp3) is 0.185. The second kappa shape index (κ2) is 8.16. The van der Waals surface area contributed by atoms with Crippen LogP contribution in [0.4, 0.5) is 5.69 Å². The third-order valence-corrected chi connectivity index (χ3v) is 6.16. The van der Waals surface area contributed by atoms with Gasteiger partial charge in [-0.2, -0.15) is 0 Å². The number of carbonyl (C=O) groups is 2. The van der Waals surface area contributed by atoms with Gasteiger partial charge in [0.2, 0.25) is 0 Å². The van der Waals surface area contributed by atoms with Gasteiger partial charge in [0.25, 0.3) is 11.8 Å². The monoisotopic (exact) mass is 447 g/mol. The Balaban J connectivity index is 1.18. The first kappa shape index (κ1) is 20.2. The van der Waals surface area contributed by atoms with Crippen molar-refractivity contribution in [2.45, 2.75) is 19.4 Å². The number of nitrogens with zero attached hydrogens (tertiary/aromatic N) is 4. The van der Waals surface area contributed by atoms with Crippen LogP contribution in [0.2, 0.25) is 0 Å². The van der Waals surface area contributed by atoms with Gasteiger partial charge in [0, 0.05) is 42.3 Å². The molecule has 1 aliphatic heterocycles. The summed E-state index contributed by atoms with van der Waals surface area (Å²) in [6.45, 7) is 1.42. The van der Waals surface area contributed by atoms with Crippen molar-refractivity contribution in [3.05, 3.63) is 95.2 Å². The number of rotatable bonds is 4. The number of carbonyl (C=O) groups excluding carboxylic acids is 2. The molecule has 1 aliphatic carbocycles. The number of fused-ring (bicyclic) bond motifs is 2. The molecule has 4 heterocycles. The lowest BCUT2D eigenvalue weighted by Gasteiger charge is -2.14. The maximum Gasteiger partial charge on any atom is 0.274 e. The minimum Gasteiger partial charge on any atom is -0.334 e. The van der Waals surface area contributed by atoms with E-state index in [0.717, 1.165) is 29.0 Å². The smallest absolute Gasteiger partial charge is 0.274 e. The number of hydrogen-bond acceptors (Lipinski definition) is 4. The van der Waals surface area contributed by atoms with Crippen molar-refractivity contribution in [1.82, 2.24) is 19.3 Å². The maximum absolute atomic E-state index is 12.8. The molecule has 0 atom stereocenters. The minimum atomic E-state index is -0.322. The van der Waals surface area contributed by atoms with Crippen LogP contribution >= 0.6 is 0 Å². The molecule has 0 spiro atoms. The number of imidazole rings is 1. The third kappa shape index (κ3) is 3.90. The van der Waals surface area contributed by atoms with Crippen molar-refractivity contribution in [2.24, 2.45) is 5.92 Å². The SMILES string of the molecule is O=C(Nc1ccc2c(c1)CN(CC1CC1)C2=O)c1cc(C#Cc2cnc3ccccn23)ccn1. The van der Waals surface area contributed by atoms with Crippen molar-refractivity contribution in [1.29, 1.82) is 0 Å². The van der Waals surface area contributed by atoms with Gasteiger partial charge < -0.3 is 10.2 Å². The van der Waals surface area contributed by atoms with Crippen LogP contribution in [0.1, 0.15) is 50.5 Å². The second-order valence-corrected chi connectivity index (χ2v) is 8.71.